The Morgan fingerprint density at radius 2 is 1.86 bits per heavy atom. The number of aromatic nitrogens is 2. The van der Waals surface area contributed by atoms with E-state index < -0.39 is 5.91 Å². The van der Waals surface area contributed by atoms with Crippen LogP contribution in [0.5, 0.6) is 0 Å². The minimum Gasteiger partial charge on any atom is -0.378 e. The third-order valence-electron chi connectivity index (χ3n) is 4.65. The predicted octanol–water partition coefficient (Wildman–Crippen LogP) is 1.88. The lowest BCUT2D eigenvalue weighted by Crippen LogP contribution is -2.41. The molecule has 2 amide bonds. The number of carbonyl (C=O) groups is 2. The molecule has 4 rings (SSSR count). The average molecular weight is 382 g/mol. The van der Waals surface area contributed by atoms with Gasteiger partial charge in [0.1, 0.15) is 5.82 Å². The topological polar surface area (TPSA) is 75.9 Å². The van der Waals surface area contributed by atoms with E-state index in [1.807, 2.05) is 0 Å². The minimum atomic E-state index is -0.481. The van der Waals surface area contributed by atoms with Gasteiger partial charge in [0.25, 0.3) is 11.8 Å². The van der Waals surface area contributed by atoms with Crippen molar-refractivity contribution in [2.75, 3.05) is 26.3 Å². The standard InChI is InChI=1S/C20H19FN4O3/c21-15-6-2-1-5-14(15)13-22-19(26)18-23-17(16-7-3-4-8-25(16)18)20(27)24-9-11-28-12-10-24/h1-8H,9-13H2,(H,22,26). The number of rotatable bonds is 4. The molecule has 0 bridgehead atoms. The van der Waals surface area contributed by atoms with Crippen molar-refractivity contribution in [1.29, 1.82) is 0 Å². The van der Waals surface area contributed by atoms with Gasteiger partial charge in [0.15, 0.2) is 5.69 Å². The molecule has 1 N–H and O–H groups in total. The highest BCUT2D eigenvalue weighted by molar-refractivity contribution is 6.02. The fourth-order valence-electron chi connectivity index (χ4n) is 3.17. The Bertz CT molecular complexity index is 1030. The first-order valence-electron chi connectivity index (χ1n) is 9.01. The van der Waals surface area contributed by atoms with E-state index in [1.165, 1.54) is 6.07 Å². The number of benzene rings is 1. The maximum absolute atomic E-state index is 13.8. The first-order valence-corrected chi connectivity index (χ1v) is 9.01. The van der Waals surface area contributed by atoms with Crippen molar-refractivity contribution in [2.24, 2.45) is 0 Å². The maximum Gasteiger partial charge on any atom is 0.287 e. The van der Waals surface area contributed by atoms with Gasteiger partial charge in [-0.15, -0.1) is 0 Å². The van der Waals surface area contributed by atoms with Crippen molar-refractivity contribution < 1.29 is 18.7 Å². The minimum absolute atomic E-state index is 0.0278. The lowest BCUT2D eigenvalue weighted by Gasteiger charge is -2.26. The molecule has 3 heterocycles. The van der Waals surface area contributed by atoms with Crippen molar-refractivity contribution in [2.45, 2.75) is 6.54 Å². The molecular formula is C20H19FN4O3. The largest absolute Gasteiger partial charge is 0.378 e. The number of morpholine rings is 1. The molecule has 1 aromatic carbocycles. The van der Waals surface area contributed by atoms with Crippen LogP contribution in [-0.4, -0.2) is 52.4 Å². The van der Waals surface area contributed by atoms with Gasteiger partial charge in [0, 0.05) is 31.4 Å². The van der Waals surface area contributed by atoms with E-state index in [0.717, 1.165) is 0 Å². The molecule has 1 fully saturated rings. The summed E-state index contributed by atoms with van der Waals surface area (Å²) in [6.07, 6.45) is 1.68. The van der Waals surface area contributed by atoms with Crippen molar-refractivity contribution in [1.82, 2.24) is 19.6 Å². The highest BCUT2D eigenvalue weighted by Crippen LogP contribution is 2.16. The van der Waals surface area contributed by atoms with E-state index in [0.29, 0.717) is 37.4 Å². The normalized spacial score (nSPS) is 14.2. The Balaban J connectivity index is 1.61. The van der Waals surface area contributed by atoms with E-state index >= 15 is 0 Å². The van der Waals surface area contributed by atoms with Crippen molar-refractivity contribution >= 4 is 17.3 Å². The average Bonchev–Trinajstić information content (AvgIpc) is 3.13. The van der Waals surface area contributed by atoms with Gasteiger partial charge in [-0.2, -0.15) is 0 Å². The van der Waals surface area contributed by atoms with Crippen molar-refractivity contribution in [3.05, 3.63) is 71.6 Å². The summed E-state index contributed by atoms with van der Waals surface area (Å²) in [6.45, 7) is 1.96. The van der Waals surface area contributed by atoms with Gasteiger partial charge in [-0.25, -0.2) is 9.37 Å². The molecule has 144 valence electrons. The number of nitrogens with one attached hydrogen (secondary N) is 1. The number of pyridine rings is 1. The summed E-state index contributed by atoms with van der Waals surface area (Å²) in [7, 11) is 0. The molecule has 0 radical (unpaired) electrons. The van der Waals surface area contributed by atoms with E-state index in [4.69, 9.17) is 4.74 Å². The fraction of sp³-hybridized carbons (Fsp3) is 0.250. The number of nitrogens with zero attached hydrogens (tertiary/aromatic N) is 3. The van der Waals surface area contributed by atoms with Crippen LogP contribution in [0.3, 0.4) is 0 Å². The maximum atomic E-state index is 13.8. The van der Waals surface area contributed by atoms with Gasteiger partial charge in [-0.3, -0.25) is 14.0 Å². The molecule has 0 spiro atoms. The van der Waals surface area contributed by atoms with Crippen LogP contribution < -0.4 is 5.32 Å². The van der Waals surface area contributed by atoms with Gasteiger partial charge >= 0.3 is 0 Å². The first kappa shape index (κ1) is 18.1. The molecule has 2 aromatic heterocycles. The molecule has 0 atom stereocenters. The van der Waals surface area contributed by atoms with Crippen LogP contribution in [0.2, 0.25) is 0 Å². The number of carbonyl (C=O) groups excluding carboxylic acids is 2. The van der Waals surface area contributed by atoms with E-state index in [2.05, 4.69) is 10.3 Å². The lowest BCUT2D eigenvalue weighted by molar-refractivity contribution is 0.0300. The molecule has 1 aliphatic heterocycles. The van der Waals surface area contributed by atoms with Gasteiger partial charge in [0.2, 0.25) is 5.82 Å². The van der Waals surface area contributed by atoms with Gasteiger partial charge < -0.3 is 15.0 Å². The summed E-state index contributed by atoms with van der Waals surface area (Å²) in [4.78, 5) is 31.6. The van der Waals surface area contributed by atoms with Crippen LogP contribution in [0.15, 0.2) is 48.7 Å². The number of amides is 2. The van der Waals surface area contributed by atoms with Crippen molar-refractivity contribution in [3.63, 3.8) is 0 Å². The molecule has 1 aliphatic rings. The van der Waals surface area contributed by atoms with Gasteiger partial charge in [-0.05, 0) is 18.2 Å². The van der Waals surface area contributed by atoms with E-state index in [-0.39, 0.29) is 29.8 Å². The van der Waals surface area contributed by atoms with Crippen LogP contribution in [0, 0.1) is 5.82 Å². The van der Waals surface area contributed by atoms with E-state index in [9.17, 15) is 14.0 Å². The molecule has 7 nitrogen and oxygen atoms in total. The Kier molecular flexibility index (Phi) is 5.03. The second kappa shape index (κ2) is 7.77. The summed E-state index contributed by atoms with van der Waals surface area (Å²) >= 11 is 0. The quantitative estimate of drug-likeness (QED) is 0.748. The summed E-state index contributed by atoms with van der Waals surface area (Å²) in [6, 6.07) is 11.5. The first-order chi connectivity index (χ1) is 13.6. The summed E-state index contributed by atoms with van der Waals surface area (Å²) < 4.78 is 20.6. The Hall–Kier alpha value is -3.26. The molecule has 28 heavy (non-hydrogen) atoms. The number of fused-ring (bicyclic) bond motifs is 1. The van der Waals surface area contributed by atoms with Crippen molar-refractivity contribution in [3.8, 4) is 0 Å². The van der Waals surface area contributed by atoms with Crippen LogP contribution in [0.1, 0.15) is 26.7 Å². The van der Waals surface area contributed by atoms with E-state index in [1.54, 1.807) is 51.9 Å². The Morgan fingerprint density at radius 1 is 1.11 bits per heavy atom. The smallest absolute Gasteiger partial charge is 0.287 e. The molecule has 1 saturated heterocycles. The number of hydrogen-bond donors (Lipinski definition) is 1. The Morgan fingerprint density at radius 3 is 2.64 bits per heavy atom. The molecular weight excluding hydrogens is 363 g/mol. The second-order valence-electron chi connectivity index (χ2n) is 6.42. The summed E-state index contributed by atoms with van der Waals surface area (Å²) in [5.74, 6) is -1.02. The second-order valence-corrected chi connectivity index (χ2v) is 6.42. The zero-order chi connectivity index (χ0) is 19.5. The number of hydrogen-bond acceptors (Lipinski definition) is 4. The highest BCUT2D eigenvalue weighted by Gasteiger charge is 2.26. The SMILES string of the molecule is O=C(NCc1ccccc1F)c1nc(C(=O)N2CCOCC2)c2ccccn12. The van der Waals surface area contributed by atoms with Crippen LogP contribution in [0.25, 0.3) is 5.52 Å². The zero-order valence-electron chi connectivity index (χ0n) is 15.1. The summed E-state index contributed by atoms with van der Waals surface area (Å²) in [5.41, 5.74) is 1.15. The van der Waals surface area contributed by atoms with Gasteiger partial charge in [0.05, 0.1) is 18.7 Å². The fourth-order valence-corrected chi connectivity index (χ4v) is 3.17. The molecule has 0 aliphatic carbocycles. The third kappa shape index (κ3) is 3.46. The molecule has 8 heteroatoms. The number of halogens is 1. The molecule has 0 saturated carbocycles. The Labute approximate surface area is 160 Å². The third-order valence-corrected chi connectivity index (χ3v) is 4.65. The highest BCUT2D eigenvalue weighted by atomic mass is 19.1. The predicted molar refractivity (Wildman–Crippen MR) is 99.5 cm³/mol. The number of imidazole rings is 1. The monoisotopic (exact) mass is 382 g/mol. The van der Waals surface area contributed by atoms with Crippen LogP contribution in [0.4, 0.5) is 4.39 Å². The van der Waals surface area contributed by atoms with Crippen LogP contribution in [-0.2, 0) is 11.3 Å². The molecule has 0 unspecified atom stereocenters. The summed E-state index contributed by atoms with van der Waals surface area (Å²) in [5, 5.41) is 2.67. The lowest BCUT2D eigenvalue weighted by atomic mass is 10.2. The van der Waals surface area contributed by atoms with Gasteiger partial charge in [-0.1, -0.05) is 24.3 Å². The molecule has 3 aromatic rings. The zero-order valence-corrected chi connectivity index (χ0v) is 15.1. The van der Waals surface area contributed by atoms with Crippen LogP contribution >= 0.6 is 0 Å². The number of ether oxygens (including phenoxy) is 1.